The number of hydrogen-bond acceptors (Lipinski definition) is 5. The fourth-order valence-corrected chi connectivity index (χ4v) is 2.55. The van der Waals surface area contributed by atoms with Gasteiger partial charge < -0.3 is 21.9 Å². The highest BCUT2D eigenvalue weighted by Crippen LogP contribution is 2.35. The number of aliphatic hydroxyl groups excluding tert-OH is 1. The molecule has 1 saturated carbocycles. The summed E-state index contributed by atoms with van der Waals surface area (Å²) in [5.74, 6) is 1.07. The summed E-state index contributed by atoms with van der Waals surface area (Å²) in [6, 6.07) is 3.57. The van der Waals surface area contributed by atoms with Gasteiger partial charge in [-0.05, 0) is 25.0 Å². The van der Waals surface area contributed by atoms with E-state index in [0.29, 0.717) is 11.5 Å². The van der Waals surface area contributed by atoms with E-state index >= 15 is 0 Å². The molecular weight excluding hydrogens is 228 g/mol. The van der Waals surface area contributed by atoms with E-state index in [1.165, 1.54) is 19.3 Å². The second-order valence-corrected chi connectivity index (χ2v) is 5.24. The lowest BCUT2D eigenvalue weighted by Gasteiger charge is -2.35. The maximum atomic E-state index is 9.61. The fraction of sp³-hybridized carbons (Fsp3) is 0.615. The molecule has 1 aromatic heterocycles. The predicted molar refractivity (Wildman–Crippen MR) is 74.2 cm³/mol. The fourth-order valence-electron chi connectivity index (χ4n) is 2.55. The van der Waals surface area contributed by atoms with Crippen molar-refractivity contribution in [2.75, 3.05) is 29.9 Å². The van der Waals surface area contributed by atoms with Crippen molar-refractivity contribution in [2.24, 2.45) is 5.41 Å². The van der Waals surface area contributed by atoms with Crippen LogP contribution >= 0.6 is 0 Å². The largest absolute Gasteiger partial charge is 0.396 e. The number of nitrogens with zero attached hydrogens (tertiary/aromatic N) is 1. The van der Waals surface area contributed by atoms with Crippen LogP contribution in [-0.4, -0.2) is 23.2 Å². The molecule has 1 aromatic rings. The number of aliphatic hydroxyl groups is 1. The van der Waals surface area contributed by atoms with Gasteiger partial charge in [0.15, 0.2) is 0 Å². The molecule has 2 rings (SSSR count). The first-order chi connectivity index (χ1) is 8.65. The third-order valence-electron chi connectivity index (χ3n) is 3.85. The molecular formula is C13H22N4O. The topological polar surface area (TPSA) is 97.2 Å². The number of aromatic nitrogens is 1. The molecule has 1 aliphatic rings. The standard InChI is InChI=1S/C13H22N4O/c14-10-4-5-11(17-12(10)15)16-8-13(9-18)6-2-1-3-7-13/h4-5,18H,1-3,6-9,14H2,(H3,15,16,17). The third-order valence-corrected chi connectivity index (χ3v) is 3.85. The van der Waals surface area contributed by atoms with E-state index < -0.39 is 0 Å². The maximum Gasteiger partial charge on any atom is 0.149 e. The van der Waals surface area contributed by atoms with Crippen molar-refractivity contribution in [1.82, 2.24) is 4.98 Å². The van der Waals surface area contributed by atoms with E-state index in [4.69, 9.17) is 11.5 Å². The van der Waals surface area contributed by atoms with Crippen LogP contribution in [0.2, 0.25) is 0 Å². The molecule has 0 atom stereocenters. The second kappa shape index (κ2) is 5.44. The molecule has 0 unspecified atom stereocenters. The van der Waals surface area contributed by atoms with Crippen LogP contribution in [0.4, 0.5) is 17.3 Å². The Morgan fingerprint density at radius 1 is 1.22 bits per heavy atom. The minimum absolute atomic E-state index is 0.00389. The molecule has 18 heavy (non-hydrogen) atoms. The molecule has 6 N–H and O–H groups in total. The molecule has 0 bridgehead atoms. The Balaban J connectivity index is 1.98. The molecule has 1 aliphatic carbocycles. The van der Waals surface area contributed by atoms with Crippen molar-refractivity contribution < 1.29 is 5.11 Å². The van der Waals surface area contributed by atoms with Crippen LogP contribution in [0.1, 0.15) is 32.1 Å². The summed E-state index contributed by atoms with van der Waals surface area (Å²) in [5.41, 5.74) is 11.8. The van der Waals surface area contributed by atoms with E-state index in [0.717, 1.165) is 25.2 Å². The first-order valence-corrected chi connectivity index (χ1v) is 6.52. The number of rotatable bonds is 4. The molecule has 0 amide bonds. The zero-order valence-corrected chi connectivity index (χ0v) is 10.7. The molecule has 1 heterocycles. The average molecular weight is 250 g/mol. The molecule has 5 nitrogen and oxygen atoms in total. The quantitative estimate of drug-likeness (QED) is 0.651. The number of nitrogens with one attached hydrogen (secondary N) is 1. The van der Waals surface area contributed by atoms with Crippen LogP contribution in [0.5, 0.6) is 0 Å². The lowest BCUT2D eigenvalue weighted by molar-refractivity contribution is 0.0943. The number of hydrogen-bond donors (Lipinski definition) is 4. The molecule has 100 valence electrons. The summed E-state index contributed by atoms with van der Waals surface area (Å²) in [4.78, 5) is 4.18. The highest BCUT2D eigenvalue weighted by Gasteiger charge is 2.31. The lowest BCUT2D eigenvalue weighted by Crippen LogP contribution is -2.35. The van der Waals surface area contributed by atoms with Crippen molar-refractivity contribution in [2.45, 2.75) is 32.1 Å². The number of nitrogen functional groups attached to an aromatic ring is 2. The number of anilines is 3. The Bertz CT molecular complexity index is 402. The van der Waals surface area contributed by atoms with Gasteiger partial charge in [-0.3, -0.25) is 0 Å². The summed E-state index contributed by atoms with van der Waals surface area (Å²) < 4.78 is 0. The van der Waals surface area contributed by atoms with Gasteiger partial charge in [0.1, 0.15) is 11.6 Å². The third kappa shape index (κ3) is 2.85. The summed E-state index contributed by atoms with van der Waals surface area (Å²) in [6.45, 7) is 0.963. The monoisotopic (exact) mass is 250 g/mol. The van der Waals surface area contributed by atoms with Gasteiger partial charge in [-0.2, -0.15) is 0 Å². The van der Waals surface area contributed by atoms with E-state index in [9.17, 15) is 5.11 Å². The van der Waals surface area contributed by atoms with Crippen LogP contribution in [0, 0.1) is 5.41 Å². The van der Waals surface area contributed by atoms with Crippen molar-refractivity contribution >= 4 is 17.3 Å². The van der Waals surface area contributed by atoms with Crippen LogP contribution < -0.4 is 16.8 Å². The molecule has 0 aromatic carbocycles. The van der Waals surface area contributed by atoms with Crippen LogP contribution in [0.3, 0.4) is 0 Å². The highest BCUT2D eigenvalue weighted by molar-refractivity contribution is 5.61. The SMILES string of the molecule is Nc1ccc(NCC2(CO)CCCCC2)nc1N. The molecule has 5 heteroatoms. The summed E-state index contributed by atoms with van der Waals surface area (Å²) in [7, 11) is 0. The van der Waals surface area contributed by atoms with Crippen molar-refractivity contribution in [1.29, 1.82) is 0 Å². The van der Waals surface area contributed by atoms with Gasteiger partial charge in [0.2, 0.25) is 0 Å². The Morgan fingerprint density at radius 3 is 2.56 bits per heavy atom. The van der Waals surface area contributed by atoms with E-state index in [1.807, 2.05) is 6.07 Å². The zero-order chi connectivity index (χ0) is 13.0. The summed E-state index contributed by atoms with van der Waals surface area (Å²) in [6.07, 6.45) is 5.80. The predicted octanol–water partition coefficient (Wildman–Crippen LogP) is 1.60. The molecule has 1 fully saturated rings. The van der Waals surface area contributed by atoms with Crippen LogP contribution in [0.25, 0.3) is 0 Å². The first-order valence-electron chi connectivity index (χ1n) is 6.52. The van der Waals surface area contributed by atoms with Gasteiger partial charge in [-0.15, -0.1) is 0 Å². The first kappa shape index (κ1) is 13.0. The van der Waals surface area contributed by atoms with Crippen molar-refractivity contribution in [3.63, 3.8) is 0 Å². The van der Waals surface area contributed by atoms with Crippen molar-refractivity contribution in [3.8, 4) is 0 Å². The summed E-state index contributed by atoms with van der Waals surface area (Å²) in [5, 5.41) is 12.9. The Kier molecular flexibility index (Phi) is 3.91. The van der Waals surface area contributed by atoms with Gasteiger partial charge in [0.05, 0.1) is 12.3 Å². The smallest absolute Gasteiger partial charge is 0.149 e. The van der Waals surface area contributed by atoms with Crippen molar-refractivity contribution in [3.05, 3.63) is 12.1 Å². The van der Waals surface area contributed by atoms with Gasteiger partial charge in [0.25, 0.3) is 0 Å². The lowest BCUT2D eigenvalue weighted by atomic mass is 9.74. The van der Waals surface area contributed by atoms with Gasteiger partial charge in [-0.1, -0.05) is 19.3 Å². The van der Waals surface area contributed by atoms with Crippen LogP contribution in [0.15, 0.2) is 12.1 Å². The maximum absolute atomic E-state index is 9.61. The highest BCUT2D eigenvalue weighted by atomic mass is 16.3. The summed E-state index contributed by atoms with van der Waals surface area (Å²) >= 11 is 0. The van der Waals surface area contributed by atoms with Crippen LogP contribution in [-0.2, 0) is 0 Å². The van der Waals surface area contributed by atoms with Gasteiger partial charge in [-0.25, -0.2) is 4.98 Å². The zero-order valence-electron chi connectivity index (χ0n) is 10.7. The Labute approximate surface area is 108 Å². The molecule has 0 spiro atoms. The van der Waals surface area contributed by atoms with E-state index in [-0.39, 0.29) is 12.0 Å². The van der Waals surface area contributed by atoms with Gasteiger partial charge in [0, 0.05) is 12.0 Å². The minimum atomic E-state index is -0.00389. The van der Waals surface area contributed by atoms with E-state index in [2.05, 4.69) is 10.3 Å². The number of nitrogens with two attached hydrogens (primary N) is 2. The molecule has 0 radical (unpaired) electrons. The number of pyridine rings is 1. The minimum Gasteiger partial charge on any atom is -0.396 e. The van der Waals surface area contributed by atoms with Gasteiger partial charge >= 0.3 is 0 Å². The average Bonchev–Trinajstić information content (AvgIpc) is 2.41. The van der Waals surface area contributed by atoms with E-state index in [1.54, 1.807) is 6.07 Å². The molecule has 0 saturated heterocycles. The second-order valence-electron chi connectivity index (χ2n) is 5.24. The normalized spacial score (nSPS) is 18.5. The Morgan fingerprint density at radius 2 is 1.94 bits per heavy atom. The molecule has 0 aliphatic heterocycles. The Hall–Kier alpha value is -1.49.